The van der Waals surface area contributed by atoms with Gasteiger partial charge in [0.2, 0.25) is 0 Å². The molecular formula is C19H21FN4OS. The van der Waals surface area contributed by atoms with Crippen LogP contribution < -0.4 is 5.56 Å². The summed E-state index contributed by atoms with van der Waals surface area (Å²) in [6.45, 7) is 4.89. The highest BCUT2D eigenvalue weighted by Gasteiger charge is 2.18. The summed E-state index contributed by atoms with van der Waals surface area (Å²) < 4.78 is 17.7. The summed E-state index contributed by atoms with van der Waals surface area (Å²) in [5.41, 5.74) is 1.32. The molecule has 0 bridgehead atoms. The van der Waals surface area contributed by atoms with Crippen molar-refractivity contribution in [3.05, 3.63) is 64.3 Å². The SMILES string of the molecule is CC(C)Cn1c(SCc2ccn(C)c(=O)c2)nnc1-c1ccccc1F. The minimum atomic E-state index is -0.312. The number of halogens is 1. The van der Waals surface area contributed by atoms with E-state index in [0.29, 0.717) is 29.6 Å². The number of pyridine rings is 1. The molecule has 136 valence electrons. The molecule has 3 aromatic rings. The van der Waals surface area contributed by atoms with Gasteiger partial charge in [0.15, 0.2) is 11.0 Å². The van der Waals surface area contributed by atoms with Gasteiger partial charge in [0.1, 0.15) is 5.82 Å². The topological polar surface area (TPSA) is 52.7 Å². The molecule has 7 heteroatoms. The molecule has 3 rings (SSSR count). The lowest BCUT2D eigenvalue weighted by Crippen LogP contribution is -2.14. The highest BCUT2D eigenvalue weighted by molar-refractivity contribution is 7.98. The van der Waals surface area contributed by atoms with Gasteiger partial charge in [-0.25, -0.2) is 4.39 Å². The van der Waals surface area contributed by atoms with Crippen molar-refractivity contribution in [2.75, 3.05) is 0 Å². The molecule has 26 heavy (non-hydrogen) atoms. The van der Waals surface area contributed by atoms with Gasteiger partial charge in [-0.15, -0.1) is 10.2 Å². The van der Waals surface area contributed by atoms with Gasteiger partial charge in [-0.2, -0.15) is 0 Å². The van der Waals surface area contributed by atoms with Crippen molar-refractivity contribution in [1.82, 2.24) is 19.3 Å². The molecule has 0 aliphatic heterocycles. The van der Waals surface area contributed by atoms with Crippen molar-refractivity contribution in [1.29, 1.82) is 0 Å². The fourth-order valence-electron chi connectivity index (χ4n) is 2.59. The van der Waals surface area contributed by atoms with E-state index in [1.807, 2.05) is 10.6 Å². The fraction of sp³-hybridized carbons (Fsp3) is 0.316. The van der Waals surface area contributed by atoms with E-state index in [0.717, 1.165) is 10.7 Å². The monoisotopic (exact) mass is 372 g/mol. The summed E-state index contributed by atoms with van der Waals surface area (Å²) in [5, 5.41) is 9.22. The minimum Gasteiger partial charge on any atom is -0.319 e. The van der Waals surface area contributed by atoms with Crippen LogP contribution >= 0.6 is 11.8 Å². The maximum atomic E-state index is 14.2. The first-order chi connectivity index (χ1) is 12.5. The van der Waals surface area contributed by atoms with E-state index in [-0.39, 0.29) is 11.4 Å². The molecule has 0 saturated heterocycles. The maximum absolute atomic E-state index is 14.2. The summed E-state index contributed by atoms with van der Waals surface area (Å²) in [5.74, 6) is 1.18. The Morgan fingerprint density at radius 1 is 1.19 bits per heavy atom. The van der Waals surface area contributed by atoms with Crippen molar-refractivity contribution in [3.63, 3.8) is 0 Å². The Kier molecular flexibility index (Phi) is 5.56. The van der Waals surface area contributed by atoms with Crippen molar-refractivity contribution in [2.24, 2.45) is 13.0 Å². The zero-order valence-electron chi connectivity index (χ0n) is 15.0. The van der Waals surface area contributed by atoms with Crippen LogP contribution in [0.15, 0.2) is 52.5 Å². The highest BCUT2D eigenvalue weighted by Crippen LogP contribution is 2.28. The Hall–Kier alpha value is -2.41. The van der Waals surface area contributed by atoms with E-state index in [9.17, 15) is 9.18 Å². The van der Waals surface area contributed by atoms with Crippen LogP contribution in [0.5, 0.6) is 0 Å². The average molecular weight is 372 g/mol. The molecule has 0 N–H and O–H groups in total. The minimum absolute atomic E-state index is 0.0428. The van der Waals surface area contributed by atoms with Gasteiger partial charge in [-0.3, -0.25) is 4.79 Å². The number of nitrogens with zero attached hydrogens (tertiary/aromatic N) is 4. The quantitative estimate of drug-likeness (QED) is 0.619. The van der Waals surface area contributed by atoms with Crippen molar-refractivity contribution in [3.8, 4) is 11.4 Å². The third-order valence-corrected chi connectivity index (χ3v) is 4.95. The molecule has 2 heterocycles. The molecule has 0 spiro atoms. The number of hydrogen-bond donors (Lipinski definition) is 0. The van der Waals surface area contributed by atoms with Crippen LogP contribution in [0, 0.1) is 11.7 Å². The van der Waals surface area contributed by atoms with Crippen molar-refractivity contribution >= 4 is 11.8 Å². The highest BCUT2D eigenvalue weighted by atomic mass is 32.2. The predicted octanol–water partition coefficient (Wildman–Crippen LogP) is 3.73. The normalized spacial score (nSPS) is 11.3. The lowest BCUT2D eigenvalue weighted by Gasteiger charge is -2.13. The first-order valence-electron chi connectivity index (χ1n) is 8.42. The molecule has 0 radical (unpaired) electrons. The number of aromatic nitrogens is 4. The lowest BCUT2D eigenvalue weighted by atomic mass is 10.2. The van der Waals surface area contributed by atoms with Crippen LogP contribution in [-0.4, -0.2) is 19.3 Å². The van der Waals surface area contributed by atoms with Crippen LogP contribution in [0.25, 0.3) is 11.4 Å². The van der Waals surface area contributed by atoms with E-state index in [2.05, 4.69) is 24.0 Å². The van der Waals surface area contributed by atoms with Gasteiger partial charge in [-0.1, -0.05) is 37.7 Å². The Bertz CT molecular complexity index is 964. The molecule has 0 fully saturated rings. The van der Waals surface area contributed by atoms with Crippen molar-refractivity contribution in [2.45, 2.75) is 31.3 Å². The fourth-order valence-corrected chi connectivity index (χ4v) is 3.48. The van der Waals surface area contributed by atoms with E-state index in [1.54, 1.807) is 37.5 Å². The number of hydrogen-bond acceptors (Lipinski definition) is 4. The standard InChI is InChI=1S/C19H21FN4OS/c1-13(2)11-24-18(15-6-4-5-7-16(15)20)21-22-19(24)26-12-14-8-9-23(3)17(25)10-14/h4-10,13H,11-12H2,1-3H3. The lowest BCUT2D eigenvalue weighted by molar-refractivity contribution is 0.496. The average Bonchev–Trinajstić information content (AvgIpc) is 2.98. The van der Waals surface area contributed by atoms with E-state index < -0.39 is 0 Å². The summed E-state index contributed by atoms with van der Waals surface area (Å²) in [6, 6.07) is 10.1. The smallest absolute Gasteiger partial charge is 0.250 e. The van der Waals surface area contributed by atoms with Crippen LogP contribution in [0.2, 0.25) is 0 Å². The largest absolute Gasteiger partial charge is 0.319 e. The Labute approximate surface area is 155 Å². The Morgan fingerprint density at radius 3 is 2.65 bits per heavy atom. The molecule has 0 unspecified atom stereocenters. The van der Waals surface area contributed by atoms with Crippen LogP contribution in [0.4, 0.5) is 4.39 Å². The van der Waals surface area contributed by atoms with Gasteiger partial charge in [-0.05, 0) is 29.7 Å². The molecule has 0 atom stereocenters. The van der Waals surface area contributed by atoms with E-state index in [4.69, 9.17) is 0 Å². The van der Waals surface area contributed by atoms with E-state index >= 15 is 0 Å². The van der Waals surface area contributed by atoms with Crippen molar-refractivity contribution < 1.29 is 4.39 Å². The summed E-state index contributed by atoms with van der Waals surface area (Å²) in [4.78, 5) is 11.8. The van der Waals surface area contributed by atoms with Gasteiger partial charge >= 0.3 is 0 Å². The number of aryl methyl sites for hydroxylation is 1. The molecule has 0 amide bonds. The zero-order chi connectivity index (χ0) is 18.7. The first-order valence-corrected chi connectivity index (χ1v) is 9.40. The molecule has 5 nitrogen and oxygen atoms in total. The number of benzene rings is 1. The third-order valence-electron chi connectivity index (χ3n) is 3.92. The number of thioether (sulfide) groups is 1. The van der Waals surface area contributed by atoms with Crippen LogP contribution in [0.1, 0.15) is 19.4 Å². The number of rotatable bonds is 6. The van der Waals surface area contributed by atoms with Crippen LogP contribution in [-0.2, 0) is 19.3 Å². The van der Waals surface area contributed by atoms with E-state index in [1.165, 1.54) is 22.4 Å². The van der Waals surface area contributed by atoms with Gasteiger partial charge < -0.3 is 9.13 Å². The Morgan fingerprint density at radius 2 is 1.96 bits per heavy atom. The molecule has 0 saturated carbocycles. The van der Waals surface area contributed by atoms with Gasteiger partial charge in [0, 0.05) is 31.6 Å². The predicted molar refractivity (Wildman–Crippen MR) is 101 cm³/mol. The maximum Gasteiger partial charge on any atom is 0.250 e. The summed E-state index contributed by atoms with van der Waals surface area (Å²) >= 11 is 1.50. The van der Waals surface area contributed by atoms with Crippen LogP contribution in [0.3, 0.4) is 0 Å². The summed E-state index contributed by atoms with van der Waals surface area (Å²) in [7, 11) is 1.72. The van der Waals surface area contributed by atoms with Gasteiger partial charge in [0.25, 0.3) is 5.56 Å². The molecule has 1 aromatic carbocycles. The summed E-state index contributed by atoms with van der Waals surface area (Å²) in [6.07, 6.45) is 1.75. The molecule has 0 aliphatic carbocycles. The second-order valence-corrected chi connectivity index (χ2v) is 7.51. The Balaban J connectivity index is 1.90. The molecule has 2 aromatic heterocycles. The second kappa shape index (κ2) is 7.86. The first kappa shape index (κ1) is 18.4. The van der Waals surface area contributed by atoms with Gasteiger partial charge in [0.05, 0.1) is 5.56 Å². The molecular weight excluding hydrogens is 351 g/mol. The second-order valence-electron chi connectivity index (χ2n) is 6.56. The third kappa shape index (κ3) is 4.04. The zero-order valence-corrected chi connectivity index (χ0v) is 15.8. The molecule has 0 aliphatic rings.